The van der Waals surface area contributed by atoms with E-state index >= 15 is 0 Å². The SMILES string of the molecule is C.C.C.C.[2H]c1[c-]c(-c2cc(C)c([Si](C)(C)C)cn2)cc([2H])c1[2H].[2H]c1cc(-c2cc(C)c([Si](C)(C)C)cn2)cc([2H])c1[2H].[Ir]. The smallest absolute Gasteiger partial charge is 0.0799 e. The first-order chi connectivity index (χ1) is 18.4. The van der Waals surface area contributed by atoms with Crippen molar-refractivity contribution < 1.29 is 28.3 Å². The number of aromatic nitrogens is 2. The molecule has 0 atom stereocenters. The normalized spacial score (nSPS) is 12.2. The molecule has 1 radical (unpaired) electrons. The van der Waals surface area contributed by atoms with E-state index in [4.69, 9.17) is 8.22 Å². The average molecular weight is 744 g/mol. The van der Waals surface area contributed by atoms with E-state index in [-0.39, 0.29) is 86.1 Å². The van der Waals surface area contributed by atoms with Gasteiger partial charge in [0.25, 0.3) is 0 Å². The third-order valence-corrected chi connectivity index (χ3v) is 9.84. The maximum Gasteiger partial charge on any atom is 0.0799 e. The zero-order valence-electron chi connectivity index (χ0n) is 27.8. The van der Waals surface area contributed by atoms with Crippen molar-refractivity contribution in [2.45, 2.75) is 82.8 Å². The number of nitrogens with zero attached hydrogens (tertiary/aromatic N) is 2. The molecule has 4 rings (SSSR count). The van der Waals surface area contributed by atoms with Crippen LogP contribution in [0.5, 0.6) is 0 Å². The Hall–Kier alpha value is -2.18. The molecule has 2 heterocycles. The van der Waals surface area contributed by atoms with E-state index in [0.29, 0.717) is 11.3 Å². The second-order valence-corrected chi connectivity index (χ2v) is 20.6. The van der Waals surface area contributed by atoms with Crippen LogP contribution in [0.1, 0.15) is 49.1 Å². The number of pyridine rings is 2. The van der Waals surface area contributed by atoms with Crippen LogP contribution in [0.15, 0.2) is 79.0 Å². The number of hydrogen-bond donors (Lipinski definition) is 0. The van der Waals surface area contributed by atoms with Crippen molar-refractivity contribution in [2.75, 3.05) is 0 Å². The molecule has 2 aromatic carbocycles. The average Bonchev–Trinajstić information content (AvgIpc) is 2.84. The van der Waals surface area contributed by atoms with Crippen LogP contribution >= 0.6 is 0 Å². The van der Waals surface area contributed by atoms with Crippen LogP contribution in [0.4, 0.5) is 0 Å². The fourth-order valence-corrected chi connectivity index (χ4v) is 7.28. The van der Waals surface area contributed by atoms with Crippen LogP contribution in [0.2, 0.25) is 39.3 Å². The van der Waals surface area contributed by atoms with Crippen LogP contribution in [-0.4, -0.2) is 26.1 Å². The molecule has 0 fully saturated rings. The fourth-order valence-electron chi connectivity index (χ4n) is 3.86. The van der Waals surface area contributed by atoms with Gasteiger partial charge in [0.1, 0.15) is 0 Å². The van der Waals surface area contributed by atoms with Gasteiger partial charge >= 0.3 is 0 Å². The van der Waals surface area contributed by atoms with Crippen LogP contribution in [0.3, 0.4) is 0 Å². The summed E-state index contributed by atoms with van der Waals surface area (Å²) in [4.78, 5) is 8.96. The van der Waals surface area contributed by atoms with Crippen molar-refractivity contribution in [3.63, 3.8) is 0 Å². The van der Waals surface area contributed by atoms with Crippen LogP contribution in [0.25, 0.3) is 22.5 Å². The Kier molecular flexibility index (Phi) is 13.4. The third-order valence-electron chi connectivity index (χ3n) is 5.56. The second-order valence-electron chi connectivity index (χ2n) is 10.5. The molecule has 0 aliphatic carbocycles. The molecule has 4 aromatic rings. The van der Waals surface area contributed by atoms with E-state index in [1.54, 1.807) is 18.2 Å². The van der Waals surface area contributed by atoms with Gasteiger partial charge < -0.3 is 4.98 Å². The molecule has 0 saturated carbocycles. The van der Waals surface area contributed by atoms with Crippen molar-refractivity contribution in [3.8, 4) is 22.5 Å². The molecule has 0 N–H and O–H groups in total. The fraction of sp³-hybridized carbons (Fsp3) is 0.353. The maximum absolute atomic E-state index is 7.72. The van der Waals surface area contributed by atoms with Crippen molar-refractivity contribution >= 4 is 26.5 Å². The Morgan fingerprint density at radius 2 is 1.08 bits per heavy atom. The molecule has 39 heavy (non-hydrogen) atoms. The minimum Gasteiger partial charge on any atom is -0.305 e. The summed E-state index contributed by atoms with van der Waals surface area (Å²) in [5.41, 5.74) is 5.23. The van der Waals surface area contributed by atoms with Gasteiger partial charge in [-0.05, 0) is 42.9 Å². The topological polar surface area (TPSA) is 25.8 Å². The maximum atomic E-state index is 7.72. The molecular weight excluding hydrogens is 685 g/mol. The van der Waals surface area contributed by atoms with Gasteiger partial charge in [-0.1, -0.05) is 111 Å². The molecule has 2 aromatic heterocycles. The molecule has 0 bridgehead atoms. The molecule has 0 amide bonds. The van der Waals surface area contributed by atoms with Crippen LogP contribution < -0.4 is 10.4 Å². The zero-order valence-corrected chi connectivity index (χ0v) is 26.2. The molecule has 0 aliphatic heterocycles. The van der Waals surface area contributed by atoms with Crippen molar-refractivity contribution in [2.24, 2.45) is 0 Å². The van der Waals surface area contributed by atoms with Gasteiger partial charge in [-0.25, -0.2) is 0 Å². The van der Waals surface area contributed by atoms with Crippen molar-refractivity contribution in [3.05, 3.63) is 96.2 Å². The van der Waals surface area contributed by atoms with Gasteiger partial charge in [-0.2, -0.15) is 0 Å². The zero-order chi connectivity index (χ0) is 30.2. The predicted molar refractivity (Wildman–Crippen MR) is 181 cm³/mol. The molecule has 0 unspecified atom stereocenters. The number of hydrogen-bond acceptors (Lipinski definition) is 2. The van der Waals surface area contributed by atoms with Crippen molar-refractivity contribution in [1.29, 1.82) is 0 Å². The predicted octanol–water partition coefficient (Wildman–Crippen LogP) is 9.55. The molecule has 217 valence electrons. The molecule has 0 spiro atoms. The Labute approximate surface area is 265 Å². The van der Waals surface area contributed by atoms with Crippen LogP contribution in [-0.2, 0) is 20.1 Å². The second kappa shape index (κ2) is 17.5. The third kappa shape index (κ3) is 11.5. The summed E-state index contributed by atoms with van der Waals surface area (Å²) in [6.07, 6.45) is 3.84. The molecule has 2 nitrogen and oxygen atoms in total. The number of aryl methyl sites for hydroxylation is 2. The minimum atomic E-state index is -1.41. The minimum absolute atomic E-state index is 0. The van der Waals surface area contributed by atoms with Gasteiger partial charge in [0, 0.05) is 40.8 Å². The van der Waals surface area contributed by atoms with Gasteiger partial charge in [-0.15, -0.1) is 35.8 Å². The van der Waals surface area contributed by atoms with E-state index in [2.05, 4.69) is 69.2 Å². The summed E-state index contributed by atoms with van der Waals surface area (Å²) in [5.74, 6) is 0. The molecule has 5 heteroatoms. The Balaban J connectivity index is -0.000000706. The summed E-state index contributed by atoms with van der Waals surface area (Å²) in [6.45, 7) is 17.9. The summed E-state index contributed by atoms with van der Waals surface area (Å²) in [5, 5.41) is 2.64. The Morgan fingerprint density at radius 1 is 0.641 bits per heavy atom. The van der Waals surface area contributed by atoms with Crippen LogP contribution in [0, 0.1) is 19.9 Å². The summed E-state index contributed by atoms with van der Waals surface area (Å²) < 4.78 is 45.9. The first-order valence-corrected chi connectivity index (χ1v) is 18.4. The quantitative estimate of drug-likeness (QED) is 0.154. The van der Waals surface area contributed by atoms with Gasteiger partial charge in [0.15, 0.2) is 0 Å². The summed E-state index contributed by atoms with van der Waals surface area (Å²) in [6, 6.07) is 11.6. The molecular formula is C34H53IrN2Si2-. The van der Waals surface area contributed by atoms with Gasteiger partial charge in [0.2, 0.25) is 0 Å². The van der Waals surface area contributed by atoms with E-state index in [0.717, 1.165) is 11.3 Å². The summed E-state index contributed by atoms with van der Waals surface area (Å²) in [7, 11) is -2.81. The van der Waals surface area contributed by atoms with E-state index in [9.17, 15) is 0 Å². The standard InChI is InChI=1S/C15H19NSi.C15H18NSi.4CH4.Ir/c2*1-12-10-14(13-8-6-5-7-9-13)16-11-15(12)17(2,3)4;;;;;/h5-11H,1-4H3;5-8,10-11H,1-4H3;4*1H4;/q;-1;;;;;/i2*5D,6D,7D;;;;;. The van der Waals surface area contributed by atoms with Crippen molar-refractivity contribution in [1.82, 2.24) is 9.97 Å². The largest absolute Gasteiger partial charge is 0.305 e. The molecule has 0 saturated heterocycles. The molecule has 0 aliphatic rings. The first-order valence-electron chi connectivity index (χ1n) is 14.4. The number of benzene rings is 2. The summed E-state index contributed by atoms with van der Waals surface area (Å²) >= 11 is 0. The van der Waals surface area contributed by atoms with Gasteiger partial charge in [0.05, 0.1) is 26.0 Å². The monoisotopic (exact) mass is 744 g/mol. The first kappa shape index (κ1) is 29.8. The van der Waals surface area contributed by atoms with E-state index in [1.807, 2.05) is 24.5 Å². The number of rotatable bonds is 4. The Morgan fingerprint density at radius 3 is 1.51 bits per heavy atom. The van der Waals surface area contributed by atoms with E-state index in [1.165, 1.54) is 21.5 Å². The van der Waals surface area contributed by atoms with E-state index < -0.39 is 16.1 Å². The Bertz CT molecular complexity index is 1400. The van der Waals surface area contributed by atoms with Gasteiger partial charge in [-0.3, -0.25) is 4.98 Å².